The summed E-state index contributed by atoms with van der Waals surface area (Å²) in [5.41, 5.74) is 7.80. The Hall–Kier alpha value is -4.36. The van der Waals surface area contributed by atoms with Gasteiger partial charge < -0.3 is 20.9 Å². The number of H-pyrrole nitrogens is 1. The fourth-order valence-electron chi connectivity index (χ4n) is 4.78. The number of nitrogens with zero attached hydrogens (tertiary/aromatic N) is 2. The molecule has 0 spiro atoms. The molecule has 3 aromatic carbocycles. The van der Waals surface area contributed by atoms with Gasteiger partial charge in [0.05, 0.1) is 12.6 Å². The van der Waals surface area contributed by atoms with Crippen LogP contribution in [-0.4, -0.2) is 20.9 Å². The molecule has 3 heterocycles. The maximum atomic E-state index is 13.2. The van der Waals surface area contributed by atoms with Crippen LogP contribution in [0.5, 0.6) is 0 Å². The van der Waals surface area contributed by atoms with E-state index in [1.54, 1.807) is 6.20 Å². The molecule has 0 aliphatic carbocycles. The third-order valence-electron chi connectivity index (χ3n) is 6.62. The van der Waals surface area contributed by atoms with Crippen LogP contribution in [0.1, 0.15) is 22.4 Å². The Bertz CT molecular complexity index is 1640. The van der Waals surface area contributed by atoms with Gasteiger partial charge in [-0.25, -0.2) is 4.98 Å². The summed E-state index contributed by atoms with van der Waals surface area (Å²) < 4.78 is 0. The van der Waals surface area contributed by atoms with Gasteiger partial charge in [-0.05, 0) is 72.9 Å². The van der Waals surface area contributed by atoms with E-state index in [1.807, 2.05) is 61.5 Å². The minimum absolute atomic E-state index is 0.0533. The monoisotopic (exact) mass is 508 g/mol. The molecule has 0 radical (unpaired) electrons. The van der Waals surface area contributed by atoms with E-state index in [0.717, 1.165) is 57.6 Å². The lowest BCUT2D eigenvalue weighted by Gasteiger charge is -2.15. The highest BCUT2D eigenvalue weighted by molar-refractivity contribution is 6.32. The van der Waals surface area contributed by atoms with Crippen LogP contribution in [0.4, 0.5) is 28.8 Å². The summed E-state index contributed by atoms with van der Waals surface area (Å²) in [5.74, 6) is 0.912. The normalized spacial score (nSPS) is 12.5. The van der Waals surface area contributed by atoms with Crippen LogP contribution in [0, 0.1) is 6.92 Å². The molecule has 1 aliphatic rings. The number of fused-ring (bicyclic) bond motifs is 7. The first-order chi connectivity index (χ1) is 18.0. The van der Waals surface area contributed by atoms with Crippen molar-refractivity contribution in [2.45, 2.75) is 26.2 Å². The highest BCUT2D eigenvalue weighted by Gasteiger charge is 2.15. The van der Waals surface area contributed by atoms with Crippen molar-refractivity contribution in [3.63, 3.8) is 0 Å². The molecule has 0 unspecified atom stereocenters. The smallest absolute Gasteiger partial charge is 0.229 e. The summed E-state index contributed by atoms with van der Waals surface area (Å²) in [7, 11) is 0. The number of benzene rings is 3. The number of hydrogen-bond donors (Lipinski definition) is 4. The van der Waals surface area contributed by atoms with Gasteiger partial charge in [0, 0.05) is 33.7 Å². The van der Waals surface area contributed by atoms with Gasteiger partial charge in [-0.2, -0.15) is 4.98 Å². The Morgan fingerprint density at radius 1 is 1.00 bits per heavy atom. The van der Waals surface area contributed by atoms with Crippen LogP contribution in [0.2, 0.25) is 5.02 Å². The number of nitrogens with one attached hydrogen (secondary N) is 4. The molecule has 0 atom stereocenters. The van der Waals surface area contributed by atoms with Crippen molar-refractivity contribution in [1.29, 1.82) is 0 Å². The summed E-state index contributed by atoms with van der Waals surface area (Å²) in [6.45, 7) is 2.01. The van der Waals surface area contributed by atoms with E-state index in [-0.39, 0.29) is 5.91 Å². The lowest BCUT2D eigenvalue weighted by Crippen LogP contribution is -2.16. The van der Waals surface area contributed by atoms with Gasteiger partial charge in [0.2, 0.25) is 11.9 Å². The molecule has 37 heavy (non-hydrogen) atoms. The lowest BCUT2D eigenvalue weighted by atomic mass is 10.0. The molecule has 5 aromatic rings. The van der Waals surface area contributed by atoms with Crippen LogP contribution >= 0.6 is 11.6 Å². The molecular weight excluding hydrogens is 484 g/mol. The lowest BCUT2D eigenvalue weighted by molar-refractivity contribution is -0.115. The first kappa shape index (κ1) is 23.1. The Kier molecular flexibility index (Phi) is 5.98. The summed E-state index contributed by atoms with van der Waals surface area (Å²) in [6, 6.07) is 22.1. The first-order valence-electron chi connectivity index (χ1n) is 12.2. The third-order valence-corrected chi connectivity index (χ3v) is 6.89. The number of amides is 1. The second-order valence-electron chi connectivity index (χ2n) is 9.21. The summed E-state index contributed by atoms with van der Waals surface area (Å²) in [5, 5.41) is 11.2. The van der Waals surface area contributed by atoms with Gasteiger partial charge in [0.15, 0.2) is 5.82 Å². The zero-order valence-electron chi connectivity index (χ0n) is 20.2. The van der Waals surface area contributed by atoms with Gasteiger partial charge >= 0.3 is 0 Å². The number of aryl methyl sites for hydroxylation is 3. The van der Waals surface area contributed by atoms with Crippen LogP contribution in [-0.2, 0) is 24.1 Å². The summed E-state index contributed by atoms with van der Waals surface area (Å²) in [4.78, 5) is 25.4. The Labute approximate surface area is 219 Å². The van der Waals surface area contributed by atoms with Gasteiger partial charge in [0.1, 0.15) is 5.02 Å². The second kappa shape index (κ2) is 9.59. The second-order valence-corrected chi connectivity index (χ2v) is 9.62. The highest BCUT2D eigenvalue weighted by Crippen LogP contribution is 2.30. The standard InChI is InChI=1S/C29H25ClN6O/c1-17-23(22-7-2-3-8-26(22)32-17)15-27(37)35-25-12-11-21-14-19(25)10-9-18-5-4-6-20(13-18)34-29-31-16-24(30)28(33-21)36-29/h2-8,11-14,16,32H,9-10,15H2,1H3,(H,35,37)(H2,31,33,34,36). The molecule has 6 bridgehead atoms. The van der Waals surface area contributed by atoms with E-state index in [0.29, 0.717) is 23.2 Å². The van der Waals surface area contributed by atoms with E-state index < -0.39 is 0 Å². The molecule has 1 amide bonds. The van der Waals surface area contributed by atoms with Crippen molar-refractivity contribution in [1.82, 2.24) is 15.0 Å². The van der Waals surface area contributed by atoms with Gasteiger partial charge in [0.25, 0.3) is 0 Å². The van der Waals surface area contributed by atoms with Crippen LogP contribution < -0.4 is 16.0 Å². The molecule has 1 aliphatic heterocycles. The van der Waals surface area contributed by atoms with Crippen molar-refractivity contribution >= 4 is 57.2 Å². The average Bonchev–Trinajstić information content (AvgIpc) is 3.20. The van der Waals surface area contributed by atoms with Crippen LogP contribution in [0.25, 0.3) is 10.9 Å². The minimum Gasteiger partial charge on any atom is -0.358 e. The topological polar surface area (TPSA) is 94.7 Å². The van der Waals surface area contributed by atoms with Gasteiger partial charge in [-0.15, -0.1) is 0 Å². The number of carbonyl (C=O) groups is 1. The predicted molar refractivity (Wildman–Crippen MR) is 149 cm³/mol. The fraction of sp³-hybridized carbons (Fsp3) is 0.138. The molecule has 7 nitrogen and oxygen atoms in total. The zero-order chi connectivity index (χ0) is 25.4. The number of aromatic nitrogens is 3. The average molecular weight is 509 g/mol. The van der Waals surface area contributed by atoms with E-state index in [1.165, 1.54) is 5.56 Å². The number of halogens is 1. The third kappa shape index (κ3) is 4.86. The van der Waals surface area contributed by atoms with Crippen molar-refractivity contribution < 1.29 is 4.79 Å². The molecule has 0 saturated carbocycles. The van der Waals surface area contributed by atoms with Gasteiger partial charge in [-0.1, -0.05) is 41.9 Å². The molecule has 2 aromatic heterocycles. The maximum Gasteiger partial charge on any atom is 0.229 e. The van der Waals surface area contributed by atoms with Crippen molar-refractivity contribution in [3.05, 3.63) is 100 Å². The fourth-order valence-corrected chi connectivity index (χ4v) is 4.92. The highest BCUT2D eigenvalue weighted by atomic mass is 35.5. The Morgan fingerprint density at radius 2 is 1.86 bits per heavy atom. The largest absolute Gasteiger partial charge is 0.358 e. The molecular formula is C29H25ClN6O. The van der Waals surface area contributed by atoms with Gasteiger partial charge in [-0.3, -0.25) is 4.79 Å². The quantitative estimate of drug-likeness (QED) is 0.218. The van der Waals surface area contributed by atoms with Crippen molar-refractivity contribution in [3.8, 4) is 0 Å². The number of anilines is 5. The van der Waals surface area contributed by atoms with E-state index >= 15 is 0 Å². The number of carbonyl (C=O) groups excluding carboxylic acids is 1. The number of hydrogen-bond acceptors (Lipinski definition) is 5. The van der Waals surface area contributed by atoms with E-state index in [9.17, 15) is 4.79 Å². The van der Waals surface area contributed by atoms with E-state index in [4.69, 9.17) is 11.6 Å². The summed E-state index contributed by atoms with van der Waals surface area (Å²) >= 11 is 6.38. The maximum absolute atomic E-state index is 13.2. The SMILES string of the molecule is Cc1[nH]c2ccccc2c1CC(=O)Nc1ccc2cc1CCc1cccc(c1)Nc1ncc(Cl)c(n1)N2. The molecule has 6 rings (SSSR count). The number of aromatic amines is 1. The molecule has 184 valence electrons. The molecule has 4 N–H and O–H groups in total. The molecule has 8 heteroatoms. The predicted octanol–water partition coefficient (Wildman–Crippen LogP) is 6.69. The van der Waals surface area contributed by atoms with Crippen LogP contribution in [0.3, 0.4) is 0 Å². The van der Waals surface area contributed by atoms with E-state index in [2.05, 4.69) is 43.0 Å². The van der Waals surface area contributed by atoms with Crippen molar-refractivity contribution in [2.24, 2.45) is 0 Å². The van der Waals surface area contributed by atoms with Crippen molar-refractivity contribution in [2.75, 3.05) is 16.0 Å². The van der Waals surface area contributed by atoms with Crippen LogP contribution in [0.15, 0.2) is 72.9 Å². The molecule has 0 fully saturated rings. The molecule has 0 saturated heterocycles. The summed E-state index contributed by atoms with van der Waals surface area (Å²) in [6.07, 6.45) is 3.42. The minimum atomic E-state index is -0.0533. The Balaban J connectivity index is 1.32. The zero-order valence-corrected chi connectivity index (χ0v) is 21.0. The number of para-hydroxylation sites is 1. The first-order valence-corrected chi connectivity index (χ1v) is 12.5. The Morgan fingerprint density at radius 3 is 2.78 bits per heavy atom. The number of rotatable bonds is 3.